The molecule has 35 heavy (non-hydrogen) atoms. The highest BCUT2D eigenvalue weighted by Gasteiger charge is 2.41. The van der Waals surface area contributed by atoms with Gasteiger partial charge in [0.05, 0.1) is 16.6 Å². The van der Waals surface area contributed by atoms with Crippen LogP contribution in [0.2, 0.25) is 5.02 Å². The molecule has 3 heterocycles. The van der Waals surface area contributed by atoms with Gasteiger partial charge in [-0.25, -0.2) is 22.3 Å². The zero-order chi connectivity index (χ0) is 25.1. The number of amides is 1. The minimum atomic E-state index is -4.28. The Hall–Kier alpha value is -3.08. The first-order valence-corrected chi connectivity index (χ1v) is 12.8. The second-order valence-corrected chi connectivity index (χ2v) is 10.8. The molecule has 0 spiro atoms. The smallest absolute Gasteiger partial charge is 0.241 e. The second-order valence-electron chi connectivity index (χ2n) is 8.84. The summed E-state index contributed by atoms with van der Waals surface area (Å²) in [6, 6.07) is 8.38. The number of benzene rings is 2. The fraction of sp³-hybridized carbons (Fsp3) is 0.250. The number of carbonyl (C=O) groups is 1. The van der Waals surface area contributed by atoms with Gasteiger partial charge in [0.25, 0.3) is 0 Å². The first kappa shape index (κ1) is 23.7. The molecule has 0 unspecified atom stereocenters. The maximum Gasteiger partial charge on any atom is 0.241 e. The molecule has 2 aromatic carbocycles. The maximum absolute atomic E-state index is 14.9. The van der Waals surface area contributed by atoms with E-state index < -0.39 is 32.5 Å². The zero-order valence-electron chi connectivity index (χ0n) is 18.6. The summed E-state index contributed by atoms with van der Waals surface area (Å²) in [4.78, 5) is 19.9. The monoisotopic (exact) mass is 518 g/mol. The van der Waals surface area contributed by atoms with Crippen molar-refractivity contribution in [2.24, 2.45) is 11.1 Å². The molecule has 5 rings (SSSR count). The van der Waals surface area contributed by atoms with Crippen molar-refractivity contribution in [2.75, 3.05) is 22.9 Å². The lowest BCUT2D eigenvalue weighted by Crippen LogP contribution is -2.56. The maximum atomic E-state index is 14.9. The molecule has 2 N–H and O–H groups in total. The summed E-state index contributed by atoms with van der Waals surface area (Å²) in [6.45, 7) is 2.40. The molecule has 1 saturated heterocycles. The molecule has 7 nitrogen and oxygen atoms in total. The molecule has 1 aromatic heterocycles. The minimum absolute atomic E-state index is 0.223. The standard InChI is InChI=1S/C24H21ClF2N4O3S/c1-13-6-15-8-20(27)23(35(28,33)34)9-22(15)31(13)24(32)16-11-30(12-16)21-3-2-14(7-19(21)26)17-10-29-5-4-18(17)25/h2-5,7-10,13,16H,6,11-12H2,1H3,(H2,28,33,34)/t13-/m0/s1. The van der Waals surface area contributed by atoms with Crippen molar-refractivity contribution in [3.05, 3.63) is 71.0 Å². The molecule has 1 fully saturated rings. The van der Waals surface area contributed by atoms with E-state index in [1.165, 1.54) is 11.0 Å². The number of nitrogens with zero attached hydrogens (tertiary/aromatic N) is 3. The van der Waals surface area contributed by atoms with E-state index in [2.05, 4.69) is 4.98 Å². The molecule has 2 aliphatic rings. The van der Waals surface area contributed by atoms with E-state index in [0.717, 1.165) is 12.1 Å². The van der Waals surface area contributed by atoms with Crippen LogP contribution in [0.15, 0.2) is 53.7 Å². The van der Waals surface area contributed by atoms with Crippen LogP contribution in [0.4, 0.5) is 20.2 Å². The van der Waals surface area contributed by atoms with Crippen molar-refractivity contribution in [1.82, 2.24) is 4.98 Å². The van der Waals surface area contributed by atoms with Gasteiger partial charge in [-0.1, -0.05) is 17.7 Å². The van der Waals surface area contributed by atoms with E-state index in [-0.39, 0.29) is 11.9 Å². The Morgan fingerprint density at radius 2 is 1.86 bits per heavy atom. The van der Waals surface area contributed by atoms with Crippen LogP contribution in [-0.2, 0) is 21.2 Å². The van der Waals surface area contributed by atoms with Crippen molar-refractivity contribution in [3.8, 4) is 11.1 Å². The van der Waals surface area contributed by atoms with E-state index in [9.17, 15) is 22.0 Å². The number of carbonyl (C=O) groups excluding carboxylic acids is 1. The summed E-state index contributed by atoms with van der Waals surface area (Å²) >= 11 is 6.18. The first-order valence-electron chi connectivity index (χ1n) is 10.9. The van der Waals surface area contributed by atoms with E-state index in [0.29, 0.717) is 52.6 Å². The van der Waals surface area contributed by atoms with Crippen molar-refractivity contribution in [3.63, 3.8) is 0 Å². The molecule has 3 aromatic rings. The number of anilines is 2. The van der Waals surface area contributed by atoms with Gasteiger partial charge in [0, 0.05) is 42.8 Å². The molecule has 0 aliphatic carbocycles. The summed E-state index contributed by atoms with van der Waals surface area (Å²) in [6.07, 6.45) is 3.52. The van der Waals surface area contributed by atoms with Gasteiger partial charge >= 0.3 is 0 Å². The third kappa shape index (κ3) is 4.15. The SMILES string of the molecule is C[C@H]1Cc2cc(F)c(S(N)(=O)=O)cc2N1C(=O)C1CN(c2ccc(-c3cnccc3Cl)cc2F)C1. The normalized spacial score (nSPS) is 17.9. The van der Waals surface area contributed by atoms with Crippen LogP contribution in [0.5, 0.6) is 0 Å². The predicted molar refractivity (Wildman–Crippen MR) is 129 cm³/mol. The van der Waals surface area contributed by atoms with Gasteiger partial charge in [-0.3, -0.25) is 9.78 Å². The molecule has 2 aliphatic heterocycles. The highest BCUT2D eigenvalue weighted by Crippen LogP contribution is 2.39. The summed E-state index contributed by atoms with van der Waals surface area (Å²) in [5.74, 6) is -2.02. The lowest BCUT2D eigenvalue weighted by atomic mass is 9.96. The van der Waals surface area contributed by atoms with Crippen molar-refractivity contribution >= 4 is 38.9 Å². The van der Waals surface area contributed by atoms with E-state index >= 15 is 0 Å². The summed E-state index contributed by atoms with van der Waals surface area (Å²) in [5.41, 5.74) is 2.47. The number of hydrogen-bond acceptors (Lipinski definition) is 5. The molecule has 0 saturated carbocycles. The van der Waals surface area contributed by atoms with Gasteiger partial charge in [0.2, 0.25) is 15.9 Å². The highest BCUT2D eigenvalue weighted by atomic mass is 35.5. The minimum Gasteiger partial charge on any atom is -0.367 e. The summed E-state index contributed by atoms with van der Waals surface area (Å²) in [5, 5.41) is 5.60. The number of hydrogen-bond donors (Lipinski definition) is 1. The van der Waals surface area contributed by atoms with Crippen LogP contribution in [0.1, 0.15) is 12.5 Å². The quantitative estimate of drug-likeness (QED) is 0.567. The van der Waals surface area contributed by atoms with Crippen molar-refractivity contribution in [2.45, 2.75) is 24.3 Å². The van der Waals surface area contributed by atoms with Crippen LogP contribution in [0.25, 0.3) is 11.1 Å². The number of primary sulfonamides is 1. The van der Waals surface area contributed by atoms with E-state index in [1.807, 2.05) is 6.92 Å². The fourth-order valence-corrected chi connectivity index (χ4v) is 5.54. The van der Waals surface area contributed by atoms with Gasteiger partial charge in [0.1, 0.15) is 16.5 Å². The average Bonchev–Trinajstić information content (AvgIpc) is 3.07. The van der Waals surface area contributed by atoms with Gasteiger partial charge < -0.3 is 9.80 Å². The Morgan fingerprint density at radius 3 is 2.51 bits per heavy atom. The van der Waals surface area contributed by atoms with Crippen LogP contribution in [0, 0.1) is 17.6 Å². The Morgan fingerprint density at radius 1 is 1.11 bits per heavy atom. The Kier molecular flexibility index (Phi) is 5.77. The Bertz CT molecular complexity index is 1460. The fourth-order valence-electron chi connectivity index (χ4n) is 4.72. The third-order valence-corrected chi connectivity index (χ3v) is 7.75. The molecule has 0 radical (unpaired) electrons. The predicted octanol–water partition coefficient (Wildman–Crippen LogP) is 3.74. The molecule has 182 valence electrons. The summed E-state index contributed by atoms with van der Waals surface area (Å²) < 4.78 is 52.7. The first-order chi connectivity index (χ1) is 16.5. The number of nitrogens with two attached hydrogens (primary N) is 1. The second kappa shape index (κ2) is 8.54. The number of rotatable bonds is 4. The molecule has 0 bridgehead atoms. The number of pyridine rings is 1. The van der Waals surface area contributed by atoms with E-state index in [1.54, 1.807) is 35.5 Å². The van der Waals surface area contributed by atoms with Crippen molar-refractivity contribution in [1.29, 1.82) is 0 Å². The third-order valence-electron chi connectivity index (χ3n) is 6.49. The summed E-state index contributed by atoms with van der Waals surface area (Å²) in [7, 11) is -4.28. The Balaban J connectivity index is 1.34. The molecule has 1 amide bonds. The highest BCUT2D eigenvalue weighted by molar-refractivity contribution is 7.89. The average molecular weight is 519 g/mol. The van der Waals surface area contributed by atoms with Crippen LogP contribution < -0.4 is 14.9 Å². The van der Waals surface area contributed by atoms with Gasteiger partial charge in [-0.05, 0) is 54.8 Å². The topological polar surface area (TPSA) is 96.6 Å². The molecule has 1 atom stereocenters. The van der Waals surface area contributed by atoms with Crippen molar-refractivity contribution < 1.29 is 22.0 Å². The number of halogens is 3. The van der Waals surface area contributed by atoms with Gasteiger partial charge in [-0.2, -0.15) is 0 Å². The van der Waals surface area contributed by atoms with Crippen LogP contribution >= 0.6 is 11.6 Å². The number of fused-ring (bicyclic) bond motifs is 1. The molecular formula is C24H21ClF2N4O3S. The van der Waals surface area contributed by atoms with Crippen LogP contribution in [0.3, 0.4) is 0 Å². The van der Waals surface area contributed by atoms with Gasteiger partial charge in [0.15, 0.2) is 0 Å². The Labute approximate surface area is 206 Å². The van der Waals surface area contributed by atoms with Crippen LogP contribution in [-0.4, -0.2) is 38.4 Å². The van der Waals surface area contributed by atoms with Gasteiger partial charge in [-0.15, -0.1) is 0 Å². The van der Waals surface area contributed by atoms with E-state index in [4.69, 9.17) is 16.7 Å². The number of aromatic nitrogens is 1. The molecule has 11 heteroatoms. The zero-order valence-corrected chi connectivity index (χ0v) is 20.2. The lowest BCUT2D eigenvalue weighted by molar-refractivity contribution is -0.123. The lowest BCUT2D eigenvalue weighted by Gasteiger charge is -2.42. The molecular weight excluding hydrogens is 498 g/mol. The number of sulfonamides is 1. The largest absolute Gasteiger partial charge is 0.367 e.